The number of aromatic hydroxyl groups is 1. The topological polar surface area (TPSA) is 92.5 Å². The first-order chi connectivity index (χ1) is 8.45. The summed E-state index contributed by atoms with van der Waals surface area (Å²) in [7, 11) is 0. The van der Waals surface area contributed by atoms with Gasteiger partial charge in [0.15, 0.2) is 0 Å². The summed E-state index contributed by atoms with van der Waals surface area (Å²) in [6, 6.07) is 3.46. The third-order valence-electron chi connectivity index (χ3n) is 2.31. The number of benzene rings is 1. The smallest absolute Gasteiger partial charge is 0.271 e. The van der Waals surface area contributed by atoms with E-state index in [-0.39, 0.29) is 17.1 Å². The Balaban J connectivity index is 2.97. The zero-order valence-corrected chi connectivity index (χ0v) is 10.1. The van der Waals surface area contributed by atoms with Crippen LogP contribution in [0.3, 0.4) is 0 Å². The summed E-state index contributed by atoms with van der Waals surface area (Å²) in [4.78, 5) is 21.7. The Hall–Kier alpha value is -2.37. The predicted octanol–water partition coefficient (Wildman–Crippen LogP) is 2.60. The number of phenols is 1. The van der Waals surface area contributed by atoms with Crippen LogP contribution in [0, 0.1) is 10.1 Å². The second-order valence-electron chi connectivity index (χ2n) is 3.71. The van der Waals surface area contributed by atoms with E-state index in [1.807, 2.05) is 6.92 Å². The van der Waals surface area contributed by atoms with Crippen LogP contribution in [0.1, 0.15) is 20.3 Å². The maximum Gasteiger partial charge on any atom is 0.271 e. The number of carbonyl (C=O) groups excluding carboxylic acids is 1. The zero-order chi connectivity index (χ0) is 13.7. The molecular formula is C12H14N2O4. The number of hydrogen-bond acceptors (Lipinski definition) is 4. The van der Waals surface area contributed by atoms with Crippen molar-refractivity contribution in [2.24, 2.45) is 0 Å². The van der Waals surface area contributed by atoms with Gasteiger partial charge in [-0.05, 0) is 19.4 Å². The summed E-state index contributed by atoms with van der Waals surface area (Å²) in [5.41, 5.74) is 0.321. The molecular weight excluding hydrogens is 236 g/mol. The van der Waals surface area contributed by atoms with Crippen molar-refractivity contribution in [2.45, 2.75) is 20.3 Å². The number of non-ortho nitro benzene ring substituents is 1. The molecule has 0 aliphatic rings. The van der Waals surface area contributed by atoms with Crippen LogP contribution < -0.4 is 5.32 Å². The highest BCUT2D eigenvalue weighted by Crippen LogP contribution is 2.28. The number of carbonyl (C=O) groups is 1. The standard InChI is InChI=1S/C12H14N2O4/c1-3-4-8(2)12(16)13-10-7-9(14(17)18)5-6-11(10)15/h4-7,15H,3H2,1-2H3,(H,13,16)/b8-4-. The van der Waals surface area contributed by atoms with Gasteiger partial charge in [-0.1, -0.05) is 13.0 Å². The molecule has 1 aromatic rings. The normalized spacial score (nSPS) is 11.1. The van der Waals surface area contributed by atoms with Gasteiger partial charge in [0.05, 0.1) is 10.6 Å². The van der Waals surface area contributed by atoms with Crippen LogP contribution in [0.25, 0.3) is 0 Å². The lowest BCUT2D eigenvalue weighted by molar-refractivity contribution is -0.384. The number of anilines is 1. The van der Waals surface area contributed by atoms with Crippen LogP contribution in [0.5, 0.6) is 5.75 Å². The minimum Gasteiger partial charge on any atom is -0.506 e. The molecule has 0 atom stereocenters. The van der Waals surface area contributed by atoms with E-state index < -0.39 is 10.8 Å². The lowest BCUT2D eigenvalue weighted by Crippen LogP contribution is -2.12. The van der Waals surface area contributed by atoms with Crippen LogP contribution in [0.2, 0.25) is 0 Å². The summed E-state index contributed by atoms with van der Waals surface area (Å²) in [5.74, 6) is -0.606. The Morgan fingerprint density at radius 1 is 1.56 bits per heavy atom. The average molecular weight is 250 g/mol. The molecule has 0 aromatic heterocycles. The summed E-state index contributed by atoms with van der Waals surface area (Å²) in [6.45, 7) is 3.52. The molecule has 0 unspecified atom stereocenters. The van der Waals surface area contributed by atoms with E-state index in [0.717, 1.165) is 6.07 Å². The van der Waals surface area contributed by atoms with E-state index in [1.165, 1.54) is 12.1 Å². The molecule has 96 valence electrons. The van der Waals surface area contributed by atoms with Crippen molar-refractivity contribution < 1.29 is 14.8 Å². The number of nitrogens with one attached hydrogen (secondary N) is 1. The quantitative estimate of drug-likeness (QED) is 0.372. The maximum absolute atomic E-state index is 11.7. The highest BCUT2D eigenvalue weighted by atomic mass is 16.6. The molecule has 1 aromatic carbocycles. The molecule has 6 nitrogen and oxygen atoms in total. The van der Waals surface area contributed by atoms with E-state index >= 15 is 0 Å². The van der Waals surface area contributed by atoms with E-state index in [9.17, 15) is 20.0 Å². The maximum atomic E-state index is 11.7. The Bertz CT molecular complexity index is 509. The number of amides is 1. The minimum absolute atomic E-state index is 0.0260. The van der Waals surface area contributed by atoms with E-state index in [2.05, 4.69) is 5.32 Å². The predicted molar refractivity (Wildman–Crippen MR) is 67.4 cm³/mol. The van der Waals surface area contributed by atoms with Crippen molar-refractivity contribution in [2.75, 3.05) is 5.32 Å². The first-order valence-corrected chi connectivity index (χ1v) is 5.41. The summed E-state index contributed by atoms with van der Waals surface area (Å²) in [5, 5.41) is 22.5. The number of nitro groups is 1. The molecule has 18 heavy (non-hydrogen) atoms. The van der Waals surface area contributed by atoms with Gasteiger partial charge in [-0.25, -0.2) is 0 Å². The van der Waals surface area contributed by atoms with Crippen molar-refractivity contribution in [3.05, 3.63) is 40.0 Å². The molecule has 1 amide bonds. The number of nitro benzene ring substituents is 1. The molecule has 2 N–H and O–H groups in total. The van der Waals surface area contributed by atoms with Crippen molar-refractivity contribution >= 4 is 17.3 Å². The molecule has 0 radical (unpaired) electrons. The molecule has 0 aliphatic heterocycles. The van der Waals surface area contributed by atoms with Crippen molar-refractivity contribution in [3.8, 4) is 5.75 Å². The van der Waals surface area contributed by atoms with Crippen LogP contribution in [-0.2, 0) is 4.79 Å². The SMILES string of the molecule is CC/C=C(/C)C(=O)Nc1cc([N+](=O)[O-])ccc1O. The first-order valence-electron chi connectivity index (χ1n) is 5.41. The van der Waals surface area contributed by atoms with Gasteiger partial charge in [0, 0.05) is 17.7 Å². The van der Waals surface area contributed by atoms with Crippen LogP contribution in [-0.4, -0.2) is 15.9 Å². The molecule has 1 rings (SSSR count). The van der Waals surface area contributed by atoms with Crippen LogP contribution >= 0.6 is 0 Å². The lowest BCUT2D eigenvalue weighted by atomic mass is 10.2. The molecule has 0 heterocycles. The van der Waals surface area contributed by atoms with Gasteiger partial charge in [0.2, 0.25) is 0 Å². The average Bonchev–Trinajstić information content (AvgIpc) is 2.31. The van der Waals surface area contributed by atoms with Crippen molar-refractivity contribution in [3.63, 3.8) is 0 Å². The fourth-order valence-corrected chi connectivity index (χ4v) is 1.36. The van der Waals surface area contributed by atoms with Gasteiger partial charge in [-0.2, -0.15) is 0 Å². The monoisotopic (exact) mass is 250 g/mol. The van der Waals surface area contributed by atoms with Crippen LogP contribution in [0.4, 0.5) is 11.4 Å². The molecule has 0 aliphatic carbocycles. The van der Waals surface area contributed by atoms with Gasteiger partial charge in [-0.15, -0.1) is 0 Å². The van der Waals surface area contributed by atoms with E-state index in [1.54, 1.807) is 13.0 Å². The fourth-order valence-electron chi connectivity index (χ4n) is 1.36. The van der Waals surface area contributed by atoms with E-state index in [0.29, 0.717) is 12.0 Å². The number of phenolic OH excluding ortho intramolecular Hbond substituents is 1. The number of allylic oxidation sites excluding steroid dienone is 1. The Morgan fingerprint density at radius 3 is 2.78 bits per heavy atom. The number of rotatable bonds is 4. The third kappa shape index (κ3) is 3.31. The first kappa shape index (κ1) is 13.7. The minimum atomic E-state index is -0.593. The summed E-state index contributed by atoms with van der Waals surface area (Å²) >= 11 is 0. The molecule has 0 bridgehead atoms. The fraction of sp³-hybridized carbons (Fsp3) is 0.250. The van der Waals surface area contributed by atoms with Crippen molar-refractivity contribution in [1.82, 2.24) is 0 Å². The van der Waals surface area contributed by atoms with Gasteiger partial charge < -0.3 is 10.4 Å². The molecule has 0 saturated carbocycles. The Labute approximate surface area is 104 Å². The van der Waals surface area contributed by atoms with Gasteiger partial charge in [0.25, 0.3) is 11.6 Å². The number of hydrogen-bond donors (Lipinski definition) is 2. The second kappa shape index (κ2) is 5.81. The largest absolute Gasteiger partial charge is 0.506 e. The molecule has 6 heteroatoms. The Kier molecular flexibility index (Phi) is 4.42. The summed E-state index contributed by atoms with van der Waals surface area (Å²) < 4.78 is 0. The third-order valence-corrected chi connectivity index (χ3v) is 2.31. The molecule has 0 saturated heterocycles. The Morgan fingerprint density at radius 2 is 2.22 bits per heavy atom. The van der Waals surface area contributed by atoms with Crippen molar-refractivity contribution in [1.29, 1.82) is 0 Å². The van der Waals surface area contributed by atoms with Gasteiger partial charge >= 0.3 is 0 Å². The van der Waals surface area contributed by atoms with Gasteiger partial charge in [0.1, 0.15) is 5.75 Å². The highest BCUT2D eigenvalue weighted by Gasteiger charge is 2.13. The van der Waals surface area contributed by atoms with Crippen LogP contribution in [0.15, 0.2) is 29.8 Å². The number of nitrogens with zero attached hydrogens (tertiary/aromatic N) is 1. The van der Waals surface area contributed by atoms with E-state index in [4.69, 9.17) is 0 Å². The summed E-state index contributed by atoms with van der Waals surface area (Å²) in [6.07, 6.45) is 2.43. The molecule has 0 spiro atoms. The highest BCUT2D eigenvalue weighted by molar-refractivity contribution is 6.04. The molecule has 0 fully saturated rings. The zero-order valence-electron chi connectivity index (χ0n) is 10.1. The second-order valence-corrected chi connectivity index (χ2v) is 3.71. The van der Waals surface area contributed by atoms with Gasteiger partial charge in [-0.3, -0.25) is 14.9 Å². The lowest BCUT2D eigenvalue weighted by Gasteiger charge is -2.07.